The minimum atomic E-state index is -0.274. The molecule has 1 saturated carbocycles. The Hall–Kier alpha value is -2.86. The largest absolute Gasteiger partial charge is 0.339 e. The van der Waals surface area contributed by atoms with Crippen LogP contribution in [0.25, 0.3) is 11.4 Å². The van der Waals surface area contributed by atoms with E-state index < -0.39 is 0 Å². The minimum Gasteiger partial charge on any atom is -0.339 e. The van der Waals surface area contributed by atoms with Crippen LogP contribution in [0.1, 0.15) is 36.6 Å². The number of hydrogen-bond donors (Lipinski definition) is 2. The van der Waals surface area contributed by atoms with Gasteiger partial charge < -0.3 is 15.2 Å². The number of hydrogen-bond acceptors (Lipinski definition) is 4. The number of halogens is 1. The maximum Gasteiger partial charge on any atom is 0.319 e. The average molecular weight is 383 g/mol. The lowest BCUT2D eigenvalue weighted by atomic mass is 9.85. The van der Waals surface area contributed by atoms with Gasteiger partial charge >= 0.3 is 6.03 Å². The van der Waals surface area contributed by atoms with Gasteiger partial charge in [-0.15, -0.1) is 0 Å². The molecule has 0 bridgehead atoms. The number of carbonyl (C=O) groups is 1. The van der Waals surface area contributed by atoms with E-state index in [0.717, 1.165) is 29.9 Å². The molecule has 138 valence electrons. The predicted octanol–water partition coefficient (Wildman–Crippen LogP) is 4.98. The average Bonchev–Trinajstić information content (AvgIpc) is 3.10. The van der Waals surface area contributed by atoms with Gasteiger partial charge in [-0.1, -0.05) is 35.3 Å². The van der Waals surface area contributed by atoms with Crippen LogP contribution in [-0.4, -0.2) is 16.2 Å². The molecule has 2 amide bonds. The van der Waals surface area contributed by atoms with E-state index in [1.165, 1.54) is 6.42 Å². The van der Waals surface area contributed by atoms with Crippen LogP contribution in [0.2, 0.25) is 5.02 Å². The van der Waals surface area contributed by atoms with Gasteiger partial charge in [-0.3, -0.25) is 0 Å². The number of nitrogens with one attached hydrogen (secondary N) is 2. The summed E-state index contributed by atoms with van der Waals surface area (Å²) in [6.45, 7) is 0.424. The van der Waals surface area contributed by atoms with Gasteiger partial charge in [0.15, 0.2) is 0 Å². The molecule has 1 aliphatic carbocycles. The fraction of sp³-hybridized carbons (Fsp3) is 0.250. The number of rotatable bonds is 5. The van der Waals surface area contributed by atoms with Crippen LogP contribution in [-0.2, 0) is 6.54 Å². The highest BCUT2D eigenvalue weighted by Gasteiger charge is 2.25. The molecule has 3 aromatic rings. The monoisotopic (exact) mass is 382 g/mol. The highest BCUT2D eigenvalue weighted by molar-refractivity contribution is 6.30. The van der Waals surface area contributed by atoms with Crippen LogP contribution in [0, 0.1) is 0 Å². The smallest absolute Gasteiger partial charge is 0.319 e. The molecular weight excluding hydrogens is 364 g/mol. The maximum absolute atomic E-state index is 12.0. The van der Waals surface area contributed by atoms with Crippen LogP contribution < -0.4 is 10.6 Å². The first kappa shape index (κ1) is 17.5. The first-order chi connectivity index (χ1) is 13.2. The molecule has 7 heteroatoms. The van der Waals surface area contributed by atoms with Gasteiger partial charge in [-0.05, 0) is 54.8 Å². The van der Waals surface area contributed by atoms with E-state index in [4.69, 9.17) is 16.1 Å². The molecule has 1 heterocycles. The van der Waals surface area contributed by atoms with Gasteiger partial charge in [0.25, 0.3) is 0 Å². The summed E-state index contributed by atoms with van der Waals surface area (Å²) >= 11 is 5.85. The van der Waals surface area contributed by atoms with Crippen molar-refractivity contribution in [1.29, 1.82) is 0 Å². The number of carbonyl (C=O) groups excluding carboxylic acids is 1. The Bertz CT molecular complexity index is 918. The summed E-state index contributed by atoms with van der Waals surface area (Å²) in [5.41, 5.74) is 2.52. The van der Waals surface area contributed by atoms with Crippen molar-refractivity contribution in [2.45, 2.75) is 31.7 Å². The molecule has 0 unspecified atom stereocenters. The summed E-state index contributed by atoms with van der Waals surface area (Å²) in [5, 5.41) is 10.3. The summed E-state index contributed by atoms with van der Waals surface area (Å²) in [5.74, 6) is 1.71. The van der Waals surface area contributed by atoms with Crippen molar-refractivity contribution >= 4 is 23.3 Å². The minimum absolute atomic E-state index is 0.274. The molecule has 0 radical (unpaired) electrons. The van der Waals surface area contributed by atoms with Crippen molar-refractivity contribution in [2.75, 3.05) is 5.32 Å². The van der Waals surface area contributed by atoms with Gasteiger partial charge in [-0.2, -0.15) is 4.98 Å². The van der Waals surface area contributed by atoms with Crippen molar-refractivity contribution in [3.05, 3.63) is 65.0 Å². The zero-order chi connectivity index (χ0) is 18.6. The molecule has 6 nitrogen and oxygen atoms in total. The standard InChI is InChI=1S/C20H19ClN4O2/c21-16-8-4-13(5-9-16)12-22-20(26)23-17-10-6-14(7-11-17)18-24-19(27-25-18)15-2-1-3-15/h4-11,15H,1-3,12H2,(H2,22,23,26). The number of benzene rings is 2. The number of nitrogens with zero attached hydrogens (tertiary/aromatic N) is 2. The Balaban J connectivity index is 1.32. The summed E-state index contributed by atoms with van der Waals surface area (Å²) in [6.07, 6.45) is 3.47. The third-order valence-electron chi connectivity index (χ3n) is 4.66. The lowest BCUT2D eigenvalue weighted by Gasteiger charge is -2.20. The molecule has 0 aliphatic heterocycles. The van der Waals surface area contributed by atoms with Crippen LogP contribution in [0.5, 0.6) is 0 Å². The van der Waals surface area contributed by atoms with Gasteiger partial charge in [0.2, 0.25) is 11.7 Å². The quantitative estimate of drug-likeness (QED) is 0.652. The molecular formula is C20H19ClN4O2. The Labute approximate surface area is 161 Å². The maximum atomic E-state index is 12.0. The number of aromatic nitrogens is 2. The van der Waals surface area contributed by atoms with Crippen LogP contribution in [0.3, 0.4) is 0 Å². The third kappa shape index (κ3) is 4.28. The Kier molecular flexibility index (Phi) is 5.07. The molecule has 1 aromatic heterocycles. The van der Waals surface area contributed by atoms with Gasteiger partial charge in [-0.25, -0.2) is 4.79 Å². The highest BCUT2D eigenvalue weighted by Crippen LogP contribution is 2.36. The number of amides is 2. The van der Waals surface area contributed by atoms with Crippen molar-refractivity contribution in [2.24, 2.45) is 0 Å². The van der Waals surface area contributed by atoms with E-state index in [1.54, 1.807) is 12.1 Å². The van der Waals surface area contributed by atoms with Crippen LogP contribution in [0.15, 0.2) is 53.1 Å². The normalized spacial score (nSPS) is 13.8. The van der Waals surface area contributed by atoms with E-state index in [9.17, 15) is 4.79 Å². The van der Waals surface area contributed by atoms with Gasteiger partial charge in [0, 0.05) is 28.7 Å². The molecule has 1 fully saturated rings. The second-order valence-corrected chi connectivity index (χ2v) is 7.03. The number of urea groups is 1. The lowest BCUT2D eigenvalue weighted by Crippen LogP contribution is -2.28. The van der Waals surface area contributed by atoms with Gasteiger partial charge in [0.1, 0.15) is 0 Å². The molecule has 0 spiro atoms. The van der Waals surface area contributed by atoms with Crippen molar-refractivity contribution < 1.29 is 9.32 Å². The first-order valence-electron chi connectivity index (χ1n) is 8.91. The van der Waals surface area contributed by atoms with Crippen molar-refractivity contribution in [1.82, 2.24) is 15.5 Å². The SMILES string of the molecule is O=C(NCc1ccc(Cl)cc1)Nc1ccc(-c2noc(C3CCC3)n2)cc1. The zero-order valence-corrected chi connectivity index (χ0v) is 15.4. The van der Waals surface area contributed by atoms with Gasteiger partial charge in [0.05, 0.1) is 0 Å². The summed E-state index contributed by atoms with van der Waals surface area (Å²) < 4.78 is 5.35. The molecule has 0 saturated heterocycles. The van der Waals surface area contributed by atoms with Crippen molar-refractivity contribution in [3.63, 3.8) is 0 Å². The second kappa shape index (κ2) is 7.80. The van der Waals surface area contributed by atoms with Crippen LogP contribution >= 0.6 is 11.6 Å². The highest BCUT2D eigenvalue weighted by atomic mass is 35.5. The third-order valence-corrected chi connectivity index (χ3v) is 4.92. The molecule has 0 atom stereocenters. The summed E-state index contributed by atoms with van der Waals surface area (Å²) in [7, 11) is 0. The molecule has 4 rings (SSSR count). The second-order valence-electron chi connectivity index (χ2n) is 6.60. The van der Waals surface area contributed by atoms with E-state index in [0.29, 0.717) is 29.0 Å². The van der Waals surface area contributed by atoms with Crippen molar-refractivity contribution in [3.8, 4) is 11.4 Å². The number of anilines is 1. The van der Waals surface area contributed by atoms with Crippen LogP contribution in [0.4, 0.5) is 10.5 Å². The van der Waals surface area contributed by atoms with E-state index in [2.05, 4.69) is 20.8 Å². The Morgan fingerprint density at radius 2 is 1.85 bits per heavy atom. The van der Waals surface area contributed by atoms with E-state index >= 15 is 0 Å². The Morgan fingerprint density at radius 1 is 1.11 bits per heavy atom. The molecule has 27 heavy (non-hydrogen) atoms. The topological polar surface area (TPSA) is 80.0 Å². The van der Waals surface area contributed by atoms with E-state index in [1.807, 2.05) is 36.4 Å². The lowest BCUT2D eigenvalue weighted by molar-refractivity contribution is 0.251. The summed E-state index contributed by atoms with van der Waals surface area (Å²) in [6, 6.07) is 14.4. The Morgan fingerprint density at radius 3 is 2.52 bits per heavy atom. The fourth-order valence-electron chi connectivity index (χ4n) is 2.84. The fourth-order valence-corrected chi connectivity index (χ4v) is 2.96. The molecule has 1 aliphatic rings. The van der Waals surface area contributed by atoms with E-state index in [-0.39, 0.29) is 6.03 Å². The predicted molar refractivity (Wildman–Crippen MR) is 104 cm³/mol. The first-order valence-corrected chi connectivity index (χ1v) is 9.28. The summed E-state index contributed by atoms with van der Waals surface area (Å²) in [4.78, 5) is 16.5. The zero-order valence-electron chi connectivity index (χ0n) is 14.6. The molecule has 2 N–H and O–H groups in total. The molecule has 2 aromatic carbocycles.